The highest BCUT2D eigenvalue weighted by atomic mass is 16.5. The summed E-state index contributed by atoms with van der Waals surface area (Å²) in [5, 5.41) is 18.0. The highest BCUT2D eigenvalue weighted by Crippen LogP contribution is 2.28. The molecule has 1 aliphatic carbocycles. The largest absolute Gasteiger partial charge is 0.384 e. The van der Waals surface area contributed by atoms with E-state index in [2.05, 4.69) is 31.2 Å². The molecule has 20 heavy (non-hydrogen) atoms. The maximum atomic E-state index is 10.5. The molecule has 0 aliphatic heterocycles. The summed E-state index contributed by atoms with van der Waals surface area (Å²) < 4.78 is 7.62. The Hall–Kier alpha value is -0.910. The third kappa shape index (κ3) is 4.04. The lowest BCUT2D eigenvalue weighted by molar-refractivity contribution is -0.104. The molecule has 2 N–H and O–H groups in total. The molecule has 1 fully saturated rings. The van der Waals surface area contributed by atoms with Gasteiger partial charge in [-0.2, -0.15) is 5.10 Å². The summed E-state index contributed by atoms with van der Waals surface area (Å²) >= 11 is 0. The molecule has 5 heteroatoms. The van der Waals surface area contributed by atoms with Crippen molar-refractivity contribution in [2.24, 2.45) is 7.05 Å². The number of aliphatic hydroxyl groups is 1. The van der Waals surface area contributed by atoms with E-state index in [-0.39, 0.29) is 5.60 Å². The van der Waals surface area contributed by atoms with Gasteiger partial charge < -0.3 is 15.2 Å². The fraction of sp³-hybridized carbons (Fsp3) is 0.800. The van der Waals surface area contributed by atoms with Crippen LogP contribution < -0.4 is 5.32 Å². The van der Waals surface area contributed by atoms with Crippen LogP contribution in [-0.4, -0.2) is 39.2 Å². The Morgan fingerprint density at radius 2 is 2.05 bits per heavy atom. The van der Waals surface area contributed by atoms with Crippen molar-refractivity contribution in [3.05, 3.63) is 18.0 Å². The summed E-state index contributed by atoms with van der Waals surface area (Å²) in [6.07, 6.45) is 5.94. The topological polar surface area (TPSA) is 59.3 Å². The molecule has 1 aromatic rings. The molecule has 1 unspecified atom stereocenters. The van der Waals surface area contributed by atoms with Crippen LogP contribution in [0.3, 0.4) is 0 Å². The highest BCUT2D eigenvalue weighted by molar-refractivity contribution is 5.14. The first-order chi connectivity index (χ1) is 9.16. The number of nitrogens with one attached hydrogen (secondary N) is 1. The molecule has 1 saturated carbocycles. The summed E-state index contributed by atoms with van der Waals surface area (Å²) in [6.45, 7) is 8.60. The van der Waals surface area contributed by atoms with Crippen LogP contribution in [0.15, 0.2) is 12.4 Å². The number of nitrogens with zero attached hydrogens (tertiary/aromatic N) is 2. The van der Waals surface area contributed by atoms with Gasteiger partial charge in [-0.15, -0.1) is 0 Å². The van der Waals surface area contributed by atoms with Gasteiger partial charge in [-0.3, -0.25) is 4.68 Å². The lowest BCUT2D eigenvalue weighted by Gasteiger charge is -2.40. The van der Waals surface area contributed by atoms with E-state index in [4.69, 9.17) is 4.74 Å². The van der Waals surface area contributed by atoms with Crippen molar-refractivity contribution in [3.8, 4) is 0 Å². The van der Waals surface area contributed by atoms with Gasteiger partial charge in [0.25, 0.3) is 0 Å². The van der Waals surface area contributed by atoms with Crippen LogP contribution in [0.4, 0.5) is 0 Å². The Morgan fingerprint density at radius 3 is 2.55 bits per heavy atom. The van der Waals surface area contributed by atoms with Crippen molar-refractivity contribution in [3.63, 3.8) is 0 Å². The summed E-state index contributed by atoms with van der Waals surface area (Å²) in [6, 6.07) is 0.436. The lowest BCUT2D eigenvalue weighted by Crippen LogP contribution is -2.51. The Labute approximate surface area is 121 Å². The van der Waals surface area contributed by atoms with Crippen molar-refractivity contribution in [2.45, 2.75) is 63.9 Å². The number of rotatable bonds is 5. The molecule has 1 aromatic heterocycles. The van der Waals surface area contributed by atoms with Gasteiger partial charge in [0.05, 0.1) is 17.9 Å². The van der Waals surface area contributed by atoms with Gasteiger partial charge in [-0.1, -0.05) is 0 Å². The molecule has 1 aliphatic rings. The molecule has 0 saturated heterocycles. The van der Waals surface area contributed by atoms with Crippen molar-refractivity contribution >= 4 is 0 Å². The van der Waals surface area contributed by atoms with Gasteiger partial charge in [0.2, 0.25) is 0 Å². The third-order valence-corrected chi connectivity index (χ3v) is 3.68. The SMILES string of the molecule is Cn1cc(C(C)(O)CNC2CC(OC(C)(C)C)C2)cn1. The van der Waals surface area contributed by atoms with Crippen LogP contribution in [0.1, 0.15) is 46.1 Å². The smallest absolute Gasteiger partial charge is 0.102 e. The van der Waals surface area contributed by atoms with E-state index in [1.165, 1.54) is 0 Å². The first-order valence-corrected chi connectivity index (χ1v) is 7.28. The minimum atomic E-state index is -0.885. The number of hydrogen-bond donors (Lipinski definition) is 2. The first-order valence-electron chi connectivity index (χ1n) is 7.28. The molecular formula is C15H27N3O2. The second kappa shape index (κ2) is 5.47. The zero-order valence-corrected chi connectivity index (χ0v) is 13.2. The zero-order chi connectivity index (χ0) is 15.0. The molecule has 5 nitrogen and oxygen atoms in total. The molecule has 0 amide bonds. The van der Waals surface area contributed by atoms with Crippen molar-refractivity contribution in [1.29, 1.82) is 0 Å². The third-order valence-electron chi connectivity index (χ3n) is 3.68. The van der Waals surface area contributed by atoms with Gasteiger partial charge in [0.15, 0.2) is 0 Å². The van der Waals surface area contributed by atoms with Crippen LogP contribution in [-0.2, 0) is 17.4 Å². The Kier molecular flexibility index (Phi) is 4.23. The molecule has 0 radical (unpaired) electrons. The monoisotopic (exact) mass is 281 g/mol. The normalized spacial score (nSPS) is 26.1. The quantitative estimate of drug-likeness (QED) is 0.860. The number of hydrogen-bond acceptors (Lipinski definition) is 4. The molecule has 1 heterocycles. The first kappa shape index (κ1) is 15.5. The zero-order valence-electron chi connectivity index (χ0n) is 13.2. The summed E-state index contributed by atoms with van der Waals surface area (Å²) in [5.74, 6) is 0. The second-order valence-corrected chi connectivity index (χ2v) is 7.08. The Morgan fingerprint density at radius 1 is 1.40 bits per heavy atom. The van der Waals surface area contributed by atoms with E-state index in [1.54, 1.807) is 10.9 Å². The van der Waals surface area contributed by atoms with E-state index in [1.807, 2.05) is 20.2 Å². The molecule has 114 valence electrons. The minimum absolute atomic E-state index is 0.0726. The van der Waals surface area contributed by atoms with Gasteiger partial charge in [0, 0.05) is 31.4 Å². The maximum Gasteiger partial charge on any atom is 0.102 e. The fourth-order valence-corrected chi connectivity index (χ4v) is 2.47. The van der Waals surface area contributed by atoms with Crippen molar-refractivity contribution < 1.29 is 9.84 Å². The molecular weight excluding hydrogens is 254 g/mol. The van der Waals surface area contributed by atoms with E-state index in [0.717, 1.165) is 18.4 Å². The van der Waals surface area contributed by atoms with Gasteiger partial charge in [-0.05, 0) is 40.5 Å². The van der Waals surface area contributed by atoms with Crippen LogP contribution in [0.5, 0.6) is 0 Å². The summed E-state index contributed by atoms with van der Waals surface area (Å²) in [4.78, 5) is 0. The number of ether oxygens (including phenoxy) is 1. The molecule has 1 atom stereocenters. The maximum absolute atomic E-state index is 10.5. The Balaban J connectivity index is 1.74. The van der Waals surface area contributed by atoms with Crippen LogP contribution >= 0.6 is 0 Å². The van der Waals surface area contributed by atoms with E-state index in [0.29, 0.717) is 18.7 Å². The fourth-order valence-electron chi connectivity index (χ4n) is 2.47. The second-order valence-electron chi connectivity index (χ2n) is 7.08. The van der Waals surface area contributed by atoms with Crippen molar-refractivity contribution in [1.82, 2.24) is 15.1 Å². The van der Waals surface area contributed by atoms with Gasteiger partial charge in [0.1, 0.15) is 5.60 Å². The lowest BCUT2D eigenvalue weighted by atomic mass is 9.87. The summed E-state index contributed by atoms with van der Waals surface area (Å²) in [5.41, 5.74) is -0.115. The van der Waals surface area contributed by atoms with Crippen LogP contribution in [0.25, 0.3) is 0 Å². The molecule has 0 aromatic carbocycles. The standard InChI is InChI=1S/C15H27N3O2/c1-14(2,3)20-13-6-12(7-13)16-10-15(4,19)11-8-17-18(5)9-11/h8-9,12-13,16,19H,6-7,10H2,1-5H3. The van der Waals surface area contributed by atoms with Gasteiger partial charge >= 0.3 is 0 Å². The highest BCUT2D eigenvalue weighted by Gasteiger charge is 2.34. The molecule has 0 spiro atoms. The number of aryl methyl sites for hydroxylation is 1. The van der Waals surface area contributed by atoms with Gasteiger partial charge in [-0.25, -0.2) is 0 Å². The minimum Gasteiger partial charge on any atom is -0.384 e. The predicted octanol–water partition coefficient (Wildman–Crippen LogP) is 1.56. The van der Waals surface area contributed by atoms with Crippen molar-refractivity contribution in [2.75, 3.05) is 6.54 Å². The average Bonchev–Trinajstić information content (AvgIpc) is 2.67. The van der Waals surface area contributed by atoms with Crippen LogP contribution in [0.2, 0.25) is 0 Å². The molecule has 2 rings (SSSR count). The molecule has 0 bridgehead atoms. The average molecular weight is 281 g/mol. The van der Waals surface area contributed by atoms with E-state index < -0.39 is 5.60 Å². The van der Waals surface area contributed by atoms with E-state index >= 15 is 0 Å². The number of aromatic nitrogens is 2. The van der Waals surface area contributed by atoms with E-state index in [9.17, 15) is 5.11 Å². The predicted molar refractivity (Wildman–Crippen MR) is 78.4 cm³/mol. The summed E-state index contributed by atoms with van der Waals surface area (Å²) in [7, 11) is 1.85. The Bertz CT molecular complexity index is 442. The van der Waals surface area contributed by atoms with Crippen LogP contribution in [0, 0.1) is 0 Å².